The SMILES string of the molecule is C#C.C/C=C(\C=C1/Cc2ccccc2C1=O)c1cc(C)ccc1C.CC.CC. The number of ketones is 1. The molecule has 1 nitrogen and oxygen atoms in total. The molecule has 1 aliphatic rings. The quantitative estimate of drug-likeness (QED) is 0.396. The van der Waals surface area contributed by atoms with Gasteiger partial charge in [-0.2, -0.15) is 0 Å². The van der Waals surface area contributed by atoms with Crippen molar-refractivity contribution in [2.45, 2.75) is 54.9 Å². The molecule has 28 heavy (non-hydrogen) atoms. The summed E-state index contributed by atoms with van der Waals surface area (Å²) in [5.74, 6) is 0.167. The van der Waals surface area contributed by atoms with E-state index in [2.05, 4.69) is 57.0 Å². The maximum atomic E-state index is 12.5. The fourth-order valence-corrected chi connectivity index (χ4v) is 3.02. The van der Waals surface area contributed by atoms with Crippen molar-refractivity contribution in [3.05, 3.63) is 88.0 Å². The van der Waals surface area contributed by atoms with Gasteiger partial charge in [-0.1, -0.05) is 81.8 Å². The van der Waals surface area contributed by atoms with Crippen molar-refractivity contribution in [3.8, 4) is 12.8 Å². The van der Waals surface area contributed by atoms with E-state index in [0.29, 0.717) is 0 Å². The molecule has 0 unspecified atom stereocenters. The van der Waals surface area contributed by atoms with Gasteiger partial charge in [-0.15, -0.1) is 12.8 Å². The Bertz CT molecular complexity index is 848. The smallest absolute Gasteiger partial charge is 0.189 e. The summed E-state index contributed by atoms with van der Waals surface area (Å²) in [5, 5.41) is 0. The molecule has 0 heterocycles. The first-order valence-electron chi connectivity index (χ1n) is 10.0. The highest BCUT2D eigenvalue weighted by atomic mass is 16.1. The lowest BCUT2D eigenvalue weighted by Gasteiger charge is -2.09. The van der Waals surface area contributed by atoms with Crippen LogP contribution >= 0.6 is 0 Å². The molecule has 0 saturated carbocycles. The van der Waals surface area contributed by atoms with Crippen LogP contribution in [0.3, 0.4) is 0 Å². The van der Waals surface area contributed by atoms with E-state index in [1.807, 2.05) is 58.9 Å². The zero-order chi connectivity index (χ0) is 21.7. The van der Waals surface area contributed by atoms with E-state index in [1.165, 1.54) is 16.7 Å². The average molecular weight is 375 g/mol. The van der Waals surface area contributed by atoms with Gasteiger partial charge in [0.25, 0.3) is 0 Å². The van der Waals surface area contributed by atoms with E-state index in [9.17, 15) is 4.79 Å². The summed E-state index contributed by atoms with van der Waals surface area (Å²) in [6.07, 6.45) is 12.9. The number of benzene rings is 2. The maximum absolute atomic E-state index is 12.5. The molecule has 0 saturated heterocycles. The van der Waals surface area contributed by atoms with Gasteiger partial charge in [0, 0.05) is 17.6 Å². The Kier molecular flexibility index (Phi) is 12.0. The van der Waals surface area contributed by atoms with Crippen LogP contribution in [0.25, 0.3) is 5.57 Å². The van der Waals surface area contributed by atoms with Crippen LogP contribution in [-0.4, -0.2) is 5.78 Å². The lowest BCUT2D eigenvalue weighted by Crippen LogP contribution is -1.97. The number of Topliss-reactive ketones (excluding diaryl/α,β-unsaturated/α-hetero) is 1. The fourth-order valence-electron chi connectivity index (χ4n) is 3.02. The summed E-state index contributed by atoms with van der Waals surface area (Å²) in [5.41, 5.74) is 7.67. The van der Waals surface area contributed by atoms with Gasteiger partial charge < -0.3 is 0 Å². The van der Waals surface area contributed by atoms with Gasteiger partial charge in [-0.3, -0.25) is 4.79 Å². The zero-order valence-electron chi connectivity index (χ0n) is 18.5. The van der Waals surface area contributed by atoms with Crippen molar-refractivity contribution < 1.29 is 4.79 Å². The summed E-state index contributed by atoms with van der Waals surface area (Å²) < 4.78 is 0. The molecule has 1 heteroatoms. The number of rotatable bonds is 2. The van der Waals surface area contributed by atoms with E-state index >= 15 is 0 Å². The van der Waals surface area contributed by atoms with Crippen LogP contribution in [0.5, 0.6) is 0 Å². The van der Waals surface area contributed by atoms with E-state index < -0.39 is 0 Å². The molecule has 148 valence electrons. The lowest BCUT2D eigenvalue weighted by molar-refractivity contribution is 0.103. The Balaban J connectivity index is 0.00000111. The number of carbonyl (C=O) groups is 1. The molecule has 0 aliphatic heterocycles. The molecular weight excluding hydrogens is 340 g/mol. The van der Waals surface area contributed by atoms with Crippen molar-refractivity contribution >= 4 is 11.4 Å². The van der Waals surface area contributed by atoms with E-state index in [-0.39, 0.29) is 5.78 Å². The van der Waals surface area contributed by atoms with Gasteiger partial charge >= 0.3 is 0 Å². The second kappa shape index (κ2) is 13.3. The third kappa shape index (κ3) is 6.10. The van der Waals surface area contributed by atoms with Crippen molar-refractivity contribution in [1.29, 1.82) is 0 Å². The summed E-state index contributed by atoms with van der Waals surface area (Å²) in [6.45, 7) is 14.2. The number of aryl methyl sites for hydroxylation is 2. The Labute approximate surface area is 172 Å². The van der Waals surface area contributed by atoms with Crippen LogP contribution in [-0.2, 0) is 6.42 Å². The second-order valence-corrected chi connectivity index (χ2v) is 5.90. The highest BCUT2D eigenvalue weighted by Crippen LogP contribution is 2.30. The molecule has 1 aliphatic carbocycles. The summed E-state index contributed by atoms with van der Waals surface area (Å²) in [6, 6.07) is 14.3. The largest absolute Gasteiger partial charge is 0.289 e. The van der Waals surface area contributed by atoms with Crippen LogP contribution in [0.1, 0.15) is 67.2 Å². The number of terminal acetylenes is 1. The van der Waals surface area contributed by atoms with Gasteiger partial charge in [-0.25, -0.2) is 0 Å². The van der Waals surface area contributed by atoms with Crippen molar-refractivity contribution in [3.63, 3.8) is 0 Å². The monoisotopic (exact) mass is 374 g/mol. The van der Waals surface area contributed by atoms with Crippen LogP contribution in [0, 0.1) is 26.7 Å². The van der Waals surface area contributed by atoms with Crippen molar-refractivity contribution in [2.24, 2.45) is 0 Å². The van der Waals surface area contributed by atoms with Gasteiger partial charge in [-0.05, 0) is 49.1 Å². The van der Waals surface area contributed by atoms with Crippen LogP contribution in [0.2, 0.25) is 0 Å². The predicted molar refractivity (Wildman–Crippen MR) is 125 cm³/mol. The number of hydrogen-bond donors (Lipinski definition) is 0. The van der Waals surface area contributed by atoms with Crippen LogP contribution in [0.4, 0.5) is 0 Å². The van der Waals surface area contributed by atoms with Gasteiger partial charge in [0.15, 0.2) is 5.78 Å². The number of hydrogen-bond acceptors (Lipinski definition) is 1. The third-order valence-corrected chi connectivity index (χ3v) is 4.28. The van der Waals surface area contributed by atoms with Crippen molar-refractivity contribution in [1.82, 2.24) is 0 Å². The molecule has 2 aromatic carbocycles. The van der Waals surface area contributed by atoms with Gasteiger partial charge in [0.05, 0.1) is 0 Å². The summed E-state index contributed by atoms with van der Waals surface area (Å²) >= 11 is 0. The molecule has 3 rings (SSSR count). The third-order valence-electron chi connectivity index (χ3n) is 4.28. The van der Waals surface area contributed by atoms with E-state index in [0.717, 1.165) is 28.7 Å². The molecule has 2 aromatic rings. The number of carbonyl (C=O) groups excluding carboxylic acids is 1. The Morgan fingerprint density at radius 3 is 2.14 bits per heavy atom. The maximum Gasteiger partial charge on any atom is 0.189 e. The number of allylic oxidation sites excluding steroid dienone is 4. The highest BCUT2D eigenvalue weighted by Gasteiger charge is 2.24. The van der Waals surface area contributed by atoms with E-state index in [4.69, 9.17) is 0 Å². The van der Waals surface area contributed by atoms with Gasteiger partial charge in [0.2, 0.25) is 0 Å². The molecule has 0 amide bonds. The van der Waals surface area contributed by atoms with Crippen LogP contribution in [0.15, 0.2) is 60.2 Å². The van der Waals surface area contributed by atoms with Crippen LogP contribution < -0.4 is 0 Å². The molecular formula is C27H34O. The Morgan fingerprint density at radius 2 is 1.57 bits per heavy atom. The lowest BCUT2D eigenvalue weighted by atomic mass is 9.95. The standard InChI is InChI=1S/C21H20O.2C2H6.C2H2/c1-4-16(20-11-14(2)9-10-15(20)3)12-18-13-17-7-5-6-8-19(17)21(18)22;3*1-2/h4-12H,13H2,1-3H3;2*1-2H3;1-2H/b16-4+,18-12+;;;. The first-order chi connectivity index (χ1) is 13.6. The molecule has 0 radical (unpaired) electrons. The Morgan fingerprint density at radius 1 is 0.964 bits per heavy atom. The number of fused-ring (bicyclic) bond motifs is 1. The fraction of sp³-hybridized carbons (Fsp3) is 0.296. The van der Waals surface area contributed by atoms with Gasteiger partial charge in [0.1, 0.15) is 0 Å². The minimum atomic E-state index is 0.167. The highest BCUT2D eigenvalue weighted by molar-refractivity contribution is 6.14. The molecule has 0 aromatic heterocycles. The second-order valence-electron chi connectivity index (χ2n) is 5.90. The summed E-state index contributed by atoms with van der Waals surface area (Å²) in [4.78, 5) is 12.5. The molecule has 0 spiro atoms. The Hall–Kier alpha value is -2.85. The first kappa shape index (κ1) is 25.2. The zero-order valence-corrected chi connectivity index (χ0v) is 18.5. The minimum Gasteiger partial charge on any atom is -0.289 e. The topological polar surface area (TPSA) is 17.1 Å². The summed E-state index contributed by atoms with van der Waals surface area (Å²) in [7, 11) is 0. The molecule has 0 atom stereocenters. The molecule has 0 N–H and O–H groups in total. The molecule has 0 bridgehead atoms. The predicted octanol–water partition coefficient (Wildman–Crippen LogP) is 7.37. The minimum absolute atomic E-state index is 0.167. The first-order valence-corrected chi connectivity index (χ1v) is 10.0. The average Bonchev–Trinajstić information content (AvgIpc) is 3.08. The van der Waals surface area contributed by atoms with E-state index in [1.54, 1.807) is 0 Å². The normalized spacial score (nSPS) is 13.2. The van der Waals surface area contributed by atoms with Crippen molar-refractivity contribution in [2.75, 3.05) is 0 Å². The molecule has 0 fully saturated rings.